The molecule has 0 atom stereocenters. The molecule has 1 aromatic rings. The molecule has 3 N–H and O–H groups in total. The van der Waals surface area contributed by atoms with Gasteiger partial charge in [0.2, 0.25) is 0 Å². The SMILES string of the molecule is CC(C)(C)Oc1ccc(C(=O)NCCN)cc1. The maximum Gasteiger partial charge on any atom is 0.251 e. The fourth-order valence-corrected chi connectivity index (χ4v) is 1.32. The number of carbonyl (C=O) groups is 1. The van der Waals surface area contributed by atoms with E-state index in [2.05, 4.69) is 5.32 Å². The van der Waals surface area contributed by atoms with Crippen molar-refractivity contribution < 1.29 is 9.53 Å². The normalized spacial score (nSPS) is 11.1. The van der Waals surface area contributed by atoms with Crippen molar-refractivity contribution in [2.75, 3.05) is 13.1 Å². The van der Waals surface area contributed by atoms with Gasteiger partial charge in [0.25, 0.3) is 5.91 Å². The first-order valence-electron chi connectivity index (χ1n) is 5.70. The molecule has 1 aromatic carbocycles. The first-order valence-corrected chi connectivity index (χ1v) is 5.70. The zero-order valence-corrected chi connectivity index (χ0v) is 10.6. The van der Waals surface area contributed by atoms with E-state index in [1.54, 1.807) is 24.3 Å². The molecule has 1 amide bonds. The Kier molecular flexibility index (Phi) is 4.52. The molecule has 0 bridgehead atoms. The number of nitrogens with one attached hydrogen (secondary N) is 1. The van der Waals surface area contributed by atoms with Gasteiger partial charge in [-0.2, -0.15) is 0 Å². The van der Waals surface area contributed by atoms with Crippen molar-refractivity contribution >= 4 is 5.91 Å². The van der Waals surface area contributed by atoms with Crippen LogP contribution in [0.3, 0.4) is 0 Å². The average Bonchev–Trinajstić information content (AvgIpc) is 2.24. The molecule has 0 fully saturated rings. The third-order valence-corrected chi connectivity index (χ3v) is 1.97. The fourth-order valence-electron chi connectivity index (χ4n) is 1.32. The van der Waals surface area contributed by atoms with E-state index in [0.717, 1.165) is 5.75 Å². The van der Waals surface area contributed by atoms with Crippen molar-refractivity contribution in [2.45, 2.75) is 26.4 Å². The summed E-state index contributed by atoms with van der Waals surface area (Å²) in [6, 6.07) is 7.07. The van der Waals surface area contributed by atoms with Gasteiger partial charge in [-0.3, -0.25) is 4.79 Å². The highest BCUT2D eigenvalue weighted by atomic mass is 16.5. The van der Waals surface area contributed by atoms with Crippen molar-refractivity contribution in [3.63, 3.8) is 0 Å². The summed E-state index contributed by atoms with van der Waals surface area (Å²) in [4.78, 5) is 11.6. The molecular weight excluding hydrogens is 216 g/mol. The average molecular weight is 236 g/mol. The molecule has 17 heavy (non-hydrogen) atoms. The van der Waals surface area contributed by atoms with E-state index in [4.69, 9.17) is 10.5 Å². The van der Waals surface area contributed by atoms with Gasteiger partial charge in [0.05, 0.1) is 0 Å². The summed E-state index contributed by atoms with van der Waals surface area (Å²) in [5.74, 6) is 0.644. The molecule has 4 heteroatoms. The van der Waals surface area contributed by atoms with Crippen molar-refractivity contribution in [1.82, 2.24) is 5.32 Å². The molecule has 0 unspecified atom stereocenters. The zero-order valence-electron chi connectivity index (χ0n) is 10.6. The molecule has 0 spiro atoms. The quantitative estimate of drug-likeness (QED) is 0.833. The van der Waals surface area contributed by atoms with E-state index in [9.17, 15) is 4.79 Å². The number of hydrogen-bond acceptors (Lipinski definition) is 3. The lowest BCUT2D eigenvalue weighted by Crippen LogP contribution is -2.29. The molecule has 0 aliphatic heterocycles. The van der Waals surface area contributed by atoms with Gasteiger partial charge < -0.3 is 15.8 Å². The minimum Gasteiger partial charge on any atom is -0.488 e. The van der Waals surface area contributed by atoms with E-state index in [0.29, 0.717) is 18.7 Å². The third-order valence-electron chi connectivity index (χ3n) is 1.97. The Balaban J connectivity index is 2.64. The molecule has 0 aliphatic carbocycles. The Morgan fingerprint density at radius 3 is 2.35 bits per heavy atom. The zero-order chi connectivity index (χ0) is 12.9. The van der Waals surface area contributed by atoms with Gasteiger partial charge in [-0.05, 0) is 45.0 Å². The van der Waals surface area contributed by atoms with Gasteiger partial charge in [-0.15, -0.1) is 0 Å². The number of carbonyl (C=O) groups excluding carboxylic acids is 1. The lowest BCUT2D eigenvalue weighted by molar-refractivity contribution is 0.0954. The molecule has 0 heterocycles. The number of rotatable bonds is 4. The summed E-state index contributed by atoms with van der Waals surface area (Å²) in [7, 11) is 0. The third kappa shape index (κ3) is 4.87. The fraction of sp³-hybridized carbons (Fsp3) is 0.462. The van der Waals surface area contributed by atoms with Crippen molar-refractivity contribution in [1.29, 1.82) is 0 Å². The smallest absolute Gasteiger partial charge is 0.251 e. The lowest BCUT2D eigenvalue weighted by Gasteiger charge is -2.21. The van der Waals surface area contributed by atoms with Crippen LogP contribution < -0.4 is 15.8 Å². The van der Waals surface area contributed by atoms with Crippen LogP contribution >= 0.6 is 0 Å². The summed E-state index contributed by atoms with van der Waals surface area (Å²) in [5.41, 5.74) is 5.69. The second-order valence-corrected chi connectivity index (χ2v) is 4.78. The van der Waals surface area contributed by atoms with Crippen LogP contribution in [0.2, 0.25) is 0 Å². The second kappa shape index (κ2) is 5.68. The largest absolute Gasteiger partial charge is 0.488 e. The molecule has 0 saturated carbocycles. The van der Waals surface area contributed by atoms with Crippen LogP contribution in [0.1, 0.15) is 31.1 Å². The van der Waals surface area contributed by atoms with Crippen LogP contribution in [-0.2, 0) is 0 Å². The molecule has 4 nitrogen and oxygen atoms in total. The molecule has 1 rings (SSSR count). The van der Waals surface area contributed by atoms with Crippen LogP contribution in [0.5, 0.6) is 5.75 Å². The van der Waals surface area contributed by atoms with Crippen LogP contribution in [-0.4, -0.2) is 24.6 Å². The predicted molar refractivity (Wildman–Crippen MR) is 68.2 cm³/mol. The summed E-state index contributed by atoms with van der Waals surface area (Å²) >= 11 is 0. The maximum atomic E-state index is 11.6. The minimum absolute atomic E-state index is 0.113. The van der Waals surface area contributed by atoms with E-state index >= 15 is 0 Å². The molecule has 0 aromatic heterocycles. The topological polar surface area (TPSA) is 64.3 Å². The standard InChI is InChI=1S/C13H20N2O2/c1-13(2,3)17-11-6-4-10(5-7-11)12(16)15-9-8-14/h4-7H,8-9,14H2,1-3H3,(H,15,16). The summed E-state index contributed by atoms with van der Waals surface area (Å²) in [5, 5.41) is 2.71. The predicted octanol–water partition coefficient (Wildman–Crippen LogP) is 1.55. The highest BCUT2D eigenvalue weighted by Crippen LogP contribution is 2.18. The Labute approximate surface area is 102 Å². The summed E-state index contributed by atoms with van der Waals surface area (Å²) in [6.45, 7) is 6.87. The van der Waals surface area contributed by atoms with Crippen LogP contribution in [0, 0.1) is 0 Å². The number of ether oxygens (including phenoxy) is 1. The van der Waals surface area contributed by atoms with Crippen LogP contribution in [0.4, 0.5) is 0 Å². The Morgan fingerprint density at radius 2 is 1.88 bits per heavy atom. The van der Waals surface area contributed by atoms with Gasteiger partial charge in [0.1, 0.15) is 11.4 Å². The van der Waals surface area contributed by atoms with Crippen LogP contribution in [0.25, 0.3) is 0 Å². The van der Waals surface area contributed by atoms with Gasteiger partial charge in [-0.25, -0.2) is 0 Å². The first kappa shape index (κ1) is 13.5. The number of hydrogen-bond donors (Lipinski definition) is 2. The number of amides is 1. The number of nitrogens with two attached hydrogens (primary N) is 1. The first-order chi connectivity index (χ1) is 7.92. The summed E-state index contributed by atoms with van der Waals surface area (Å²) < 4.78 is 5.67. The molecule has 0 saturated heterocycles. The Morgan fingerprint density at radius 1 is 1.29 bits per heavy atom. The van der Waals surface area contributed by atoms with Crippen molar-refractivity contribution in [3.8, 4) is 5.75 Å². The van der Waals surface area contributed by atoms with E-state index < -0.39 is 0 Å². The highest BCUT2D eigenvalue weighted by Gasteiger charge is 2.12. The van der Waals surface area contributed by atoms with Gasteiger partial charge >= 0.3 is 0 Å². The monoisotopic (exact) mass is 236 g/mol. The van der Waals surface area contributed by atoms with Gasteiger partial charge in [-0.1, -0.05) is 0 Å². The Hall–Kier alpha value is -1.55. The second-order valence-electron chi connectivity index (χ2n) is 4.78. The van der Waals surface area contributed by atoms with Crippen molar-refractivity contribution in [2.24, 2.45) is 5.73 Å². The summed E-state index contributed by atoms with van der Waals surface area (Å²) in [6.07, 6.45) is 0. The van der Waals surface area contributed by atoms with E-state index in [1.165, 1.54) is 0 Å². The van der Waals surface area contributed by atoms with Gasteiger partial charge in [0, 0.05) is 18.7 Å². The van der Waals surface area contributed by atoms with Crippen LogP contribution in [0.15, 0.2) is 24.3 Å². The van der Waals surface area contributed by atoms with Gasteiger partial charge in [0.15, 0.2) is 0 Å². The highest BCUT2D eigenvalue weighted by molar-refractivity contribution is 5.94. The maximum absolute atomic E-state index is 11.6. The van der Waals surface area contributed by atoms with E-state index in [1.807, 2.05) is 20.8 Å². The molecule has 94 valence electrons. The molecular formula is C13H20N2O2. The van der Waals surface area contributed by atoms with Crippen molar-refractivity contribution in [3.05, 3.63) is 29.8 Å². The lowest BCUT2D eigenvalue weighted by atomic mass is 10.1. The Bertz CT molecular complexity index is 366. The van der Waals surface area contributed by atoms with E-state index in [-0.39, 0.29) is 11.5 Å². The number of benzene rings is 1. The molecule has 0 aliphatic rings. The minimum atomic E-state index is -0.233. The molecule has 0 radical (unpaired) electrons.